The molecular weight excluding hydrogens is 358 g/mol. The van der Waals surface area contributed by atoms with E-state index < -0.39 is 0 Å². The lowest BCUT2D eigenvalue weighted by molar-refractivity contribution is -0.0165. The second-order valence-corrected chi connectivity index (χ2v) is 10.8. The minimum Gasteiger partial charge on any atom is -0.333 e. The number of urea groups is 1. The molecule has 5 aliphatic rings. The molecule has 4 bridgehead atoms. The lowest BCUT2D eigenvalue weighted by Crippen LogP contribution is -2.63. The van der Waals surface area contributed by atoms with Crippen molar-refractivity contribution in [2.45, 2.75) is 70.4 Å². The lowest BCUT2D eigenvalue weighted by Gasteiger charge is -2.57. The molecule has 4 heteroatoms. The van der Waals surface area contributed by atoms with Gasteiger partial charge in [-0.2, -0.15) is 0 Å². The molecule has 4 aliphatic carbocycles. The molecule has 0 atom stereocenters. The van der Waals surface area contributed by atoms with Gasteiger partial charge in [0, 0.05) is 38.3 Å². The van der Waals surface area contributed by atoms with E-state index in [0.29, 0.717) is 5.92 Å². The minimum atomic E-state index is 0.126. The molecule has 1 aliphatic heterocycles. The SMILES string of the molecule is CC(C)c1ccc(CN2CCN(C(=O)NC34CC5CC(CC(C5)C3)C4)CC2)cc1. The van der Waals surface area contributed by atoms with Crippen LogP contribution in [0.2, 0.25) is 0 Å². The summed E-state index contributed by atoms with van der Waals surface area (Å²) in [6.45, 7) is 9.11. The summed E-state index contributed by atoms with van der Waals surface area (Å²) in [5.74, 6) is 3.21. The maximum atomic E-state index is 13.0. The van der Waals surface area contributed by atoms with E-state index >= 15 is 0 Å². The predicted octanol–water partition coefficient (Wildman–Crippen LogP) is 4.61. The van der Waals surface area contributed by atoms with E-state index in [0.717, 1.165) is 50.5 Å². The van der Waals surface area contributed by atoms with Crippen LogP contribution in [0.5, 0.6) is 0 Å². The molecule has 2 amide bonds. The summed E-state index contributed by atoms with van der Waals surface area (Å²) >= 11 is 0. The summed E-state index contributed by atoms with van der Waals surface area (Å²) in [6, 6.07) is 9.25. The Hall–Kier alpha value is -1.55. The molecule has 0 spiro atoms. The van der Waals surface area contributed by atoms with Crippen LogP contribution in [-0.2, 0) is 6.54 Å². The average molecular weight is 396 g/mol. The first kappa shape index (κ1) is 19.4. The van der Waals surface area contributed by atoms with Gasteiger partial charge < -0.3 is 10.2 Å². The topological polar surface area (TPSA) is 35.6 Å². The van der Waals surface area contributed by atoms with Crippen LogP contribution in [0.4, 0.5) is 4.79 Å². The molecular formula is C25H37N3O. The number of carbonyl (C=O) groups is 1. The van der Waals surface area contributed by atoms with E-state index in [1.165, 1.54) is 49.7 Å². The molecule has 4 nitrogen and oxygen atoms in total. The number of nitrogens with one attached hydrogen (secondary N) is 1. The zero-order valence-electron chi connectivity index (χ0n) is 18.2. The molecule has 0 aromatic heterocycles. The van der Waals surface area contributed by atoms with Crippen molar-refractivity contribution in [3.05, 3.63) is 35.4 Å². The third-order valence-electron chi connectivity index (χ3n) is 8.12. The van der Waals surface area contributed by atoms with E-state index in [1.807, 2.05) is 0 Å². The Morgan fingerprint density at radius 3 is 2.03 bits per heavy atom. The molecule has 158 valence electrons. The Balaban J connectivity index is 1.12. The van der Waals surface area contributed by atoms with Crippen molar-refractivity contribution in [3.8, 4) is 0 Å². The molecule has 5 fully saturated rings. The zero-order valence-corrected chi connectivity index (χ0v) is 18.2. The fraction of sp³-hybridized carbons (Fsp3) is 0.720. The summed E-state index contributed by atoms with van der Waals surface area (Å²) in [5.41, 5.74) is 2.90. The number of amides is 2. The molecule has 0 radical (unpaired) electrons. The van der Waals surface area contributed by atoms with Gasteiger partial charge in [-0.25, -0.2) is 4.79 Å². The van der Waals surface area contributed by atoms with Crippen molar-refractivity contribution in [3.63, 3.8) is 0 Å². The molecule has 1 N–H and O–H groups in total. The van der Waals surface area contributed by atoms with Crippen LogP contribution >= 0.6 is 0 Å². The Labute approximate surface area is 176 Å². The second kappa shape index (κ2) is 7.61. The summed E-state index contributed by atoms with van der Waals surface area (Å²) in [4.78, 5) is 17.6. The van der Waals surface area contributed by atoms with Crippen LogP contribution in [0.3, 0.4) is 0 Å². The number of hydrogen-bond donors (Lipinski definition) is 1. The van der Waals surface area contributed by atoms with E-state index in [2.05, 4.69) is 53.2 Å². The Morgan fingerprint density at radius 1 is 0.966 bits per heavy atom. The third kappa shape index (κ3) is 4.05. The fourth-order valence-corrected chi connectivity index (χ4v) is 6.94. The van der Waals surface area contributed by atoms with Crippen LogP contribution in [0.15, 0.2) is 24.3 Å². The quantitative estimate of drug-likeness (QED) is 0.808. The standard InChI is InChI=1S/C25H37N3O/c1-18(2)23-5-3-19(4-6-23)17-27-7-9-28(10-8-27)24(29)26-25-14-20-11-21(15-25)13-22(12-20)16-25/h3-6,18,20-22H,7-17H2,1-2H3,(H,26,29). The molecule has 1 heterocycles. The van der Waals surface area contributed by atoms with Gasteiger partial charge >= 0.3 is 6.03 Å². The first-order valence-electron chi connectivity index (χ1n) is 11.9. The fourth-order valence-electron chi connectivity index (χ4n) is 6.94. The molecule has 29 heavy (non-hydrogen) atoms. The van der Waals surface area contributed by atoms with Gasteiger partial charge in [0.2, 0.25) is 0 Å². The first-order valence-corrected chi connectivity index (χ1v) is 11.9. The van der Waals surface area contributed by atoms with Gasteiger partial charge in [-0.05, 0) is 73.3 Å². The van der Waals surface area contributed by atoms with Crippen molar-refractivity contribution in [1.29, 1.82) is 0 Å². The highest BCUT2D eigenvalue weighted by molar-refractivity contribution is 5.75. The van der Waals surface area contributed by atoms with Crippen LogP contribution in [0, 0.1) is 17.8 Å². The van der Waals surface area contributed by atoms with Gasteiger partial charge in [0.05, 0.1) is 0 Å². The number of rotatable bonds is 4. The third-order valence-corrected chi connectivity index (χ3v) is 8.12. The van der Waals surface area contributed by atoms with E-state index in [-0.39, 0.29) is 11.6 Å². The van der Waals surface area contributed by atoms with Crippen molar-refractivity contribution in [2.75, 3.05) is 26.2 Å². The average Bonchev–Trinajstić information content (AvgIpc) is 2.67. The Morgan fingerprint density at radius 2 is 1.52 bits per heavy atom. The van der Waals surface area contributed by atoms with Crippen LogP contribution in [0.1, 0.15) is 69.4 Å². The normalized spacial score (nSPS) is 34.0. The predicted molar refractivity (Wildman–Crippen MR) is 117 cm³/mol. The number of carbonyl (C=O) groups excluding carboxylic acids is 1. The van der Waals surface area contributed by atoms with E-state index in [4.69, 9.17) is 0 Å². The highest BCUT2D eigenvalue weighted by atomic mass is 16.2. The maximum absolute atomic E-state index is 13.0. The summed E-state index contributed by atoms with van der Waals surface area (Å²) in [7, 11) is 0. The molecule has 1 aromatic carbocycles. The molecule has 4 saturated carbocycles. The van der Waals surface area contributed by atoms with Crippen LogP contribution in [-0.4, -0.2) is 47.5 Å². The van der Waals surface area contributed by atoms with Gasteiger partial charge in [-0.3, -0.25) is 4.90 Å². The second-order valence-electron chi connectivity index (χ2n) is 10.8. The van der Waals surface area contributed by atoms with Gasteiger partial charge in [-0.15, -0.1) is 0 Å². The number of piperazine rings is 1. The van der Waals surface area contributed by atoms with Crippen LogP contribution < -0.4 is 5.32 Å². The molecule has 0 unspecified atom stereocenters. The largest absolute Gasteiger partial charge is 0.333 e. The smallest absolute Gasteiger partial charge is 0.317 e. The van der Waals surface area contributed by atoms with E-state index in [1.54, 1.807) is 0 Å². The van der Waals surface area contributed by atoms with Gasteiger partial charge in [-0.1, -0.05) is 38.1 Å². The summed E-state index contributed by atoms with van der Waals surface area (Å²) in [6.07, 6.45) is 7.97. The van der Waals surface area contributed by atoms with Crippen molar-refractivity contribution >= 4 is 6.03 Å². The number of benzene rings is 1. The monoisotopic (exact) mass is 395 g/mol. The number of hydrogen-bond acceptors (Lipinski definition) is 2. The van der Waals surface area contributed by atoms with Crippen molar-refractivity contribution in [2.24, 2.45) is 17.8 Å². The van der Waals surface area contributed by atoms with Crippen molar-refractivity contribution < 1.29 is 4.79 Å². The minimum absolute atomic E-state index is 0.126. The van der Waals surface area contributed by atoms with Gasteiger partial charge in [0.25, 0.3) is 0 Å². The summed E-state index contributed by atoms with van der Waals surface area (Å²) < 4.78 is 0. The maximum Gasteiger partial charge on any atom is 0.317 e. The lowest BCUT2D eigenvalue weighted by atomic mass is 9.53. The highest BCUT2D eigenvalue weighted by Crippen LogP contribution is 2.55. The van der Waals surface area contributed by atoms with E-state index in [9.17, 15) is 4.79 Å². The van der Waals surface area contributed by atoms with Crippen LogP contribution in [0.25, 0.3) is 0 Å². The highest BCUT2D eigenvalue weighted by Gasteiger charge is 2.51. The van der Waals surface area contributed by atoms with Gasteiger partial charge in [0.15, 0.2) is 0 Å². The zero-order chi connectivity index (χ0) is 20.0. The summed E-state index contributed by atoms with van der Waals surface area (Å²) in [5, 5.41) is 3.54. The first-order chi connectivity index (χ1) is 14.0. The Bertz CT molecular complexity index is 698. The van der Waals surface area contributed by atoms with Crippen molar-refractivity contribution in [1.82, 2.24) is 15.1 Å². The number of nitrogens with zero attached hydrogens (tertiary/aromatic N) is 2. The molecule has 1 saturated heterocycles. The molecule has 6 rings (SSSR count). The van der Waals surface area contributed by atoms with Gasteiger partial charge in [0.1, 0.15) is 0 Å². The molecule has 1 aromatic rings. The Kier molecular flexibility index (Phi) is 5.09.